The lowest BCUT2D eigenvalue weighted by Gasteiger charge is -2.46. The Hall–Kier alpha value is -1.79. The molecule has 0 bridgehead atoms. The van der Waals surface area contributed by atoms with E-state index in [9.17, 15) is 45.6 Å². The van der Waals surface area contributed by atoms with E-state index in [0.29, 0.717) is 12.8 Å². The molecule has 0 aromatic rings. The summed E-state index contributed by atoms with van der Waals surface area (Å²) in [6.45, 7) is 2.87. The second-order valence-electron chi connectivity index (χ2n) is 23.2. The van der Waals surface area contributed by atoms with Crippen LogP contribution in [-0.2, 0) is 23.7 Å². The number of ether oxygens (including phenoxy) is 4. The van der Waals surface area contributed by atoms with E-state index in [-0.39, 0.29) is 12.5 Å². The number of rotatable bonds is 53. The molecule has 14 heteroatoms. The average molecular weight is 1120 g/mol. The van der Waals surface area contributed by atoms with Gasteiger partial charge < -0.3 is 65.1 Å². The van der Waals surface area contributed by atoms with Gasteiger partial charge in [0, 0.05) is 6.42 Å². The fourth-order valence-corrected chi connectivity index (χ4v) is 10.8. The van der Waals surface area contributed by atoms with Gasteiger partial charge in [-0.1, -0.05) is 256 Å². The van der Waals surface area contributed by atoms with Gasteiger partial charge in [0.1, 0.15) is 48.8 Å². The van der Waals surface area contributed by atoms with Gasteiger partial charge in [0.2, 0.25) is 5.91 Å². The van der Waals surface area contributed by atoms with Gasteiger partial charge in [-0.25, -0.2) is 0 Å². The smallest absolute Gasteiger partial charge is 0.220 e. The van der Waals surface area contributed by atoms with Crippen molar-refractivity contribution in [3.05, 3.63) is 36.5 Å². The predicted octanol–water partition coefficient (Wildman–Crippen LogP) is 12.2. The fourth-order valence-electron chi connectivity index (χ4n) is 10.8. The van der Waals surface area contributed by atoms with Crippen LogP contribution in [-0.4, -0.2) is 140 Å². The molecule has 0 saturated carbocycles. The molecule has 2 rings (SSSR count). The summed E-state index contributed by atoms with van der Waals surface area (Å²) in [5, 5.41) is 87.3. The first kappa shape index (κ1) is 73.3. The monoisotopic (exact) mass is 1120 g/mol. The van der Waals surface area contributed by atoms with Crippen LogP contribution in [0.15, 0.2) is 36.5 Å². The number of aliphatic hydroxyl groups is 8. The number of allylic oxidation sites excluding steroid dienone is 6. The Morgan fingerprint density at radius 1 is 0.456 bits per heavy atom. The van der Waals surface area contributed by atoms with Crippen LogP contribution in [0.5, 0.6) is 0 Å². The predicted molar refractivity (Wildman–Crippen MR) is 318 cm³/mol. The molecule has 12 unspecified atom stereocenters. The summed E-state index contributed by atoms with van der Waals surface area (Å²) in [5.74, 6) is -0.204. The molecule has 0 spiro atoms. The van der Waals surface area contributed by atoms with Crippen molar-refractivity contribution in [3.63, 3.8) is 0 Å². The molecule has 1 amide bonds. The summed E-state index contributed by atoms with van der Waals surface area (Å²) in [7, 11) is 0. The number of hydrogen-bond acceptors (Lipinski definition) is 13. The lowest BCUT2D eigenvalue weighted by molar-refractivity contribution is -0.359. The number of nitrogens with one attached hydrogen (secondary N) is 1. The molecule has 2 aliphatic rings. The van der Waals surface area contributed by atoms with Gasteiger partial charge in [-0.2, -0.15) is 0 Å². The van der Waals surface area contributed by atoms with Gasteiger partial charge in [-0.15, -0.1) is 0 Å². The van der Waals surface area contributed by atoms with Crippen LogP contribution in [0, 0.1) is 0 Å². The molecule has 0 radical (unpaired) electrons. The van der Waals surface area contributed by atoms with Crippen LogP contribution < -0.4 is 5.32 Å². The van der Waals surface area contributed by atoms with Gasteiger partial charge in [-0.3, -0.25) is 4.79 Å². The van der Waals surface area contributed by atoms with E-state index in [1.165, 1.54) is 186 Å². The number of hydrogen-bond donors (Lipinski definition) is 9. The van der Waals surface area contributed by atoms with E-state index in [1.54, 1.807) is 0 Å². The molecule has 2 aliphatic heterocycles. The maximum atomic E-state index is 13.3. The van der Waals surface area contributed by atoms with Crippen molar-refractivity contribution in [1.29, 1.82) is 0 Å². The molecule has 79 heavy (non-hydrogen) atoms. The summed E-state index contributed by atoms with van der Waals surface area (Å²) in [6.07, 6.45) is 45.8. The lowest BCUT2D eigenvalue weighted by atomic mass is 9.97. The van der Waals surface area contributed by atoms with Crippen molar-refractivity contribution in [2.24, 2.45) is 0 Å². The Morgan fingerprint density at radius 3 is 1.28 bits per heavy atom. The highest BCUT2D eigenvalue weighted by molar-refractivity contribution is 5.76. The third-order valence-corrected chi connectivity index (χ3v) is 16.1. The molecule has 9 N–H and O–H groups in total. The van der Waals surface area contributed by atoms with Crippen LogP contribution in [0.3, 0.4) is 0 Å². The van der Waals surface area contributed by atoms with Gasteiger partial charge in [-0.05, 0) is 51.4 Å². The number of amides is 1. The third kappa shape index (κ3) is 35.8. The number of aliphatic hydroxyl groups excluding tert-OH is 8. The molecule has 2 heterocycles. The quantitative estimate of drug-likeness (QED) is 0.0204. The van der Waals surface area contributed by atoms with E-state index in [2.05, 4.69) is 55.6 Å². The maximum Gasteiger partial charge on any atom is 0.220 e. The molecule has 464 valence electrons. The van der Waals surface area contributed by atoms with Gasteiger partial charge in [0.15, 0.2) is 12.6 Å². The highest BCUT2D eigenvalue weighted by Crippen LogP contribution is 2.30. The van der Waals surface area contributed by atoms with Crippen LogP contribution in [0.1, 0.15) is 277 Å². The summed E-state index contributed by atoms with van der Waals surface area (Å²) >= 11 is 0. The second-order valence-corrected chi connectivity index (χ2v) is 23.2. The number of carbonyl (C=O) groups is 1. The molecule has 2 fully saturated rings. The minimum Gasteiger partial charge on any atom is -0.394 e. The Kier molecular flexibility index (Phi) is 47.0. The van der Waals surface area contributed by atoms with Crippen LogP contribution in [0.2, 0.25) is 0 Å². The van der Waals surface area contributed by atoms with E-state index in [1.807, 2.05) is 0 Å². The van der Waals surface area contributed by atoms with Crippen molar-refractivity contribution in [3.8, 4) is 0 Å². The van der Waals surface area contributed by atoms with E-state index < -0.39 is 86.8 Å². The molecule has 0 aromatic carbocycles. The minimum atomic E-state index is -1.78. The zero-order chi connectivity index (χ0) is 57.4. The first-order chi connectivity index (χ1) is 38.6. The van der Waals surface area contributed by atoms with E-state index >= 15 is 0 Å². The van der Waals surface area contributed by atoms with E-state index in [4.69, 9.17) is 18.9 Å². The lowest BCUT2D eigenvalue weighted by Crippen LogP contribution is -2.65. The molecule has 0 aromatic heterocycles. The standard InChI is InChI=1S/C65H121NO13/c1-3-5-7-9-11-13-15-17-19-20-21-22-23-24-25-26-27-28-29-30-31-32-33-34-35-37-39-41-43-45-47-49-57(70)66-53(54(69)48-46-44-42-40-38-36-18-16-14-12-10-8-6-4-2)52-76-64-62(75)60(73)63(56(51-68)78-64)79-65-61(74)59(72)58(71)55(50-67)77-65/h15,17,20-21,23-24,53-56,58-65,67-69,71-75H,3-14,16,18-19,22,25-52H2,1-2H3,(H,66,70)/b17-15-,21-20-,24-23-. The largest absolute Gasteiger partial charge is 0.394 e. The highest BCUT2D eigenvalue weighted by Gasteiger charge is 2.51. The van der Waals surface area contributed by atoms with Crippen molar-refractivity contribution in [2.45, 2.75) is 351 Å². The van der Waals surface area contributed by atoms with Crippen LogP contribution in [0.25, 0.3) is 0 Å². The van der Waals surface area contributed by atoms with E-state index in [0.717, 1.165) is 64.2 Å². The van der Waals surface area contributed by atoms with Crippen molar-refractivity contribution >= 4 is 5.91 Å². The summed E-state index contributed by atoms with van der Waals surface area (Å²) < 4.78 is 22.9. The van der Waals surface area contributed by atoms with Crippen LogP contribution in [0.4, 0.5) is 0 Å². The summed E-state index contributed by atoms with van der Waals surface area (Å²) in [6, 6.07) is -0.827. The number of carbonyl (C=O) groups excluding carboxylic acids is 1. The molecule has 2 saturated heterocycles. The Labute approximate surface area is 481 Å². The number of unbranched alkanes of at least 4 members (excludes halogenated alkanes) is 34. The molecule has 12 atom stereocenters. The zero-order valence-corrected chi connectivity index (χ0v) is 50.1. The summed E-state index contributed by atoms with van der Waals surface area (Å²) in [5.41, 5.74) is 0. The maximum absolute atomic E-state index is 13.3. The SMILES string of the molecule is CCCCCCC/C=C\C/C=C\C/C=C\CCCCCCCCCCCCCCCCCCC(=O)NC(COC1OC(CO)C(OC2OC(CO)C(O)C(O)C2O)C(O)C1O)C(O)CCCCCCCCCCCCCCCC. The van der Waals surface area contributed by atoms with Gasteiger partial charge in [0.25, 0.3) is 0 Å². The average Bonchev–Trinajstić information content (AvgIpc) is 3.55. The molecule has 0 aliphatic carbocycles. The normalized spacial score (nSPS) is 24.6. The minimum absolute atomic E-state index is 0.204. The van der Waals surface area contributed by atoms with Crippen LogP contribution >= 0.6 is 0 Å². The Morgan fingerprint density at radius 2 is 0.835 bits per heavy atom. The van der Waals surface area contributed by atoms with Crippen molar-refractivity contribution in [1.82, 2.24) is 5.32 Å². The Bertz CT molecular complexity index is 1460. The van der Waals surface area contributed by atoms with Crippen molar-refractivity contribution < 1.29 is 64.6 Å². The first-order valence-corrected chi connectivity index (χ1v) is 32.7. The molecular formula is C65H121NO13. The third-order valence-electron chi connectivity index (χ3n) is 16.1. The first-order valence-electron chi connectivity index (χ1n) is 32.7. The fraction of sp³-hybridized carbons (Fsp3) is 0.892. The molecular weight excluding hydrogens is 1000 g/mol. The summed E-state index contributed by atoms with van der Waals surface area (Å²) in [4.78, 5) is 13.3. The second kappa shape index (κ2) is 50.7. The topological polar surface area (TPSA) is 228 Å². The zero-order valence-electron chi connectivity index (χ0n) is 50.1. The van der Waals surface area contributed by atoms with Gasteiger partial charge in [0.05, 0.1) is 32.0 Å². The highest BCUT2D eigenvalue weighted by atomic mass is 16.7. The van der Waals surface area contributed by atoms with Gasteiger partial charge >= 0.3 is 0 Å². The Balaban J connectivity index is 1.64. The van der Waals surface area contributed by atoms with Crippen molar-refractivity contribution in [2.75, 3.05) is 19.8 Å². The molecule has 14 nitrogen and oxygen atoms in total.